The quantitative estimate of drug-likeness (QED) is 0.588. The number of nitrogens with one attached hydrogen (secondary N) is 1. The standard InChI is InChI=1S/C16H21N3O3S/c17-12-13(15(21)14(12)20)18-5-8-22-16-11(4-9-23-16)10-19-6-2-1-3-7-19/h4,9,18H,1-3,5-8,10,17H2. The topological polar surface area (TPSA) is 84.7 Å². The number of hydrogen-bond acceptors (Lipinski definition) is 7. The van der Waals surface area contributed by atoms with Crippen molar-refractivity contribution in [1.29, 1.82) is 0 Å². The van der Waals surface area contributed by atoms with Gasteiger partial charge in [0.2, 0.25) is 0 Å². The van der Waals surface area contributed by atoms with Crippen LogP contribution in [0.2, 0.25) is 0 Å². The molecular formula is C16H21N3O3S. The zero-order chi connectivity index (χ0) is 16.2. The maximum absolute atomic E-state index is 11.3. The predicted molar refractivity (Wildman–Crippen MR) is 93.2 cm³/mol. The Labute approximate surface area is 138 Å². The normalized spacial score (nSPS) is 15.8. The summed E-state index contributed by atoms with van der Waals surface area (Å²) >= 11 is 1.58. The number of piperidine rings is 1. The molecule has 2 aromatic rings. The maximum atomic E-state index is 11.3. The van der Waals surface area contributed by atoms with E-state index < -0.39 is 10.9 Å². The molecule has 0 unspecified atom stereocenters. The molecule has 2 heterocycles. The molecule has 0 amide bonds. The number of thiophene rings is 1. The molecule has 1 fully saturated rings. The summed E-state index contributed by atoms with van der Waals surface area (Å²) in [5.74, 6) is 0. The van der Waals surface area contributed by atoms with Crippen molar-refractivity contribution >= 4 is 22.7 Å². The fourth-order valence-corrected chi connectivity index (χ4v) is 3.62. The Morgan fingerprint density at radius 1 is 1.22 bits per heavy atom. The van der Waals surface area contributed by atoms with Crippen molar-refractivity contribution in [2.75, 3.05) is 37.3 Å². The van der Waals surface area contributed by atoms with Gasteiger partial charge in [0.1, 0.15) is 18.0 Å². The Morgan fingerprint density at radius 3 is 2.74 bits per heavy atom. The van der Waals surface area contributed by atoms with Gasteiger partial charge in [0.05, 0.1) is 0 Å². The Kier molecular flexibility index (Phi) is 4.97. The van der Waals surface area contributed by atoms with Crippen molar-refractivity contribution in [3.8, 4) is 5.06 Å². The second kappa shape index (κ2) is 7.14. The van der Waals surface area contributed by atoms with Gasteiger partial charge in [0.25, 0.3) is 10.9 Å². The molecule has 0 saturated carbocycles. The van der Waals surface area contributed by atoms with Gasteiger partial charge in [0.15, 0.2) is 5.06 Å². The van der Waals surface area contributed by atoms with Crippen LogP contribution in [-0.2, 0) is 6.54 Å². The molecule has 6 nitrogen and oxygen atoms in total. The number of rotatable bonds is 7. The molecule has 1 saturated heterocycles. The Morgan fingerprint density at radius 2 is 2.00 bits per heavy atom. The van der Waals surface area contributed by atoms with E-state index in [1.54, 1.807) is 11.3 Å². The largest absolute Gasteiger partial charge is 0.482 e. The van der Waals surface area contributed by atoms with Crippen LogP contribution in [0.15, 0.2) is 21.0 Å². The third-order valence-corrected chi connectivity index (χ3v) is 5.00. The van der Waals surface area contributed by atoms with Crippen molar-refractivity contribution in [2.45, 2.75) is 25.8 Å². The summed E-state index contributed by atoms with van der Waals surface area (Å²) in [4.78, 5) is 24.8. The van der Waals surface area contributed by atoms with Gasteiger partial charge in [-0.1, -0.05) is 6.42 Å². The molecule has 0 spiro atoms. The van der Waals surface area contributed by atoms with Gasteiger partial charge >= 0.3 is 0 Å². The van der Waals surface area contributed by atoms with E-state index in [1.165, 1.54) is 24.8 Å². The Hall–Kier alpha value is -1.86. The maximum Gasteiger partial charge on any atom is 0.253 e. The third-order valence-electron chi connectivity index (χ3n) is 4.13. The number of nitrogen functional groups attached to an aromatic ring is 1. The number of ether oxygens (including phenoxy) is 1. The first kappa shape index (κ1) is 16.0. The van der Waals surface area contributed by atoms with E-state index in [4.69, 9.17) is 10.5 Å². The van der Waals surface area contributed by atoms with Gasteiger partial charge in [-0.15, -0.1) is 11.3 Å². The van der Waals surface area contributed by atoms with Crippen LogP contribution in [0.1, 0.15) is 24.8 Å². The number of hydrogen-bond donors (Lipinski definition) is 2. The lowest BCUT2D eigenvalue weighted by Crippen LogP contribution is -2.37. The smallest absolute Gasteiger partial charge is 0.253 e. The minimum absolute atomic E-state index is 0.0249. The van der Waals surface area contributed by atoms with E-state index in [2.05, 4.69) is 16.3 Å². The summed E-state index contributed by atoms with van der Waals surface area (Å²) in [6.45, 7) is 4.10. The average molecular weight is 335 g/mol. The fourth-order valence-electron chi connectivity index (χ4n) is 2.83. The van der Waals surface area contributed by atoms with E-state index >= 15 is 0 Å². The Bertz CT molecular complexity index is 727. The minimum atomic E-state index is -0.601. The molecule has 0 bridgehead atoms. The van der Waals surface area contributed by atoms with Gasteiger partial charge in [0, 0.05) is 18.7 Å². The van der Waals surface area contributed by atoms with Crippen molar-refractivity contribution in [1.82, 2.24) is 4.90 Å². The molecule has 1 aromatic carbocycles. The molecule has 1 aliphatic heterocycles. The monoisotopic (exact) mass is 335 g/mol. The van der Waals surface area contributed by atoms with E-state index in [0.717, 1.165) is 24.7 Å². The lowest BCUT2D eigenvalue weighted by molar-refractivity contribution is 0.217. The lowest BCUT2D eigenvalue weighted by atomic mass is 10.1. The second-order valence-corrected chi connectivity index (χ2v) is 6.67. The molecule has 0 aliphatic carbocycles. The van der Waals surface area contributed by atoms with Gasteiger partial charge in [-0.3, -0.25) is 14.5 Å². The molecule has 0 radical (unpaired) electrons. The SMILES string of the molecule is Nc1c(NCCOc2sccc2CN2CCCCC2)c(=O)c1=O. The first-order valence-corrected chi connectivity index (χ1v) is 8.79. The molecule has 3 rings (SSSR count). The molecule has 1 aliphatic rings. The summed E-state index contributed by atoms with van der Waals surface area (Å²) in [5.41, 5.74) is 5.78. The van der Waals surface area contributed by atoms with Crippen LogP contribution in [-0.4, -0.2) is 31.1 Å². The lowest BCUT2D eigenvalue weighted by Gasteiger charge is -2.26. The van der Waals surface area contributed by atoms with Crippen LogP contribution in [0.3, 0.4) is 0 Å². The first-order chi connectivity index (χ1) is 11.2. The minimum Gasteiger partial charge on any atom is -0.482 e. The Balaban J connectivity index is 1.46. The molecule has 1 aromatic heterocycles. The summed E-state index contributed by atoms with van der Waals surface area (Å²) < 4.78 is 5.80. The van der Waals surface area contributed by atoms with Crippen LogP contribution in [0.25, 0.3) is 0 Å². The molecule has 23 heavy (non-hydrogen) atoms. The highest BCUT2D eigenvalue weighted by atomic mass is 32.1. The molecule has 0 atom stereocenters. The van der Waals surface area contributed by atoms with Crippen LogP contribution >= 0.6 is 11.3 Å². The van der Waals surface area contributed by atoms with Crippen molar-refractivity contribution in [3.63, 3.8) is 0 Å². The van der Waals surface area contributed by atoms with Crippen molar-refractivity contribution in [2.24, 2.45) is 0 Å². The number of likely N-dealkylation sites (tertiary alicyclic amines) is 1. The number of nitrogens with two attached hydrogens (primary N) is 1. The molecule has 124 valence electrons. The molecular weight excluding hydrogens is 314 g/mol. The van der Waals surface area contributed by atoms with E-state index in [9.17, 15) is 9.59 Å². The summed E-state index contributed by atoms with van der Waals surface area (Å²) in [5, 5.41) is 5.83. The van der Waals surface area contributed by atoms with E-state index in [-0.39, 0.29) is 11.4 Å². The van der Waals surface area contributed by atoms with Gasteiger partial charge < -0.3 is 15.8 Å². The highest BCUT2D eigenvalue weighted by molar-refractivity contribution is 7.12. The van der Waals surface area contributed by atoms with Gasteiger partial charge in [-0.05, 0) is 37.4 Å². The van der Waals surface area contributed by atoms with Crippen molar-refractivity contribution in [3.05, 3.63) is 37.5 Å². The predicted octanol–water partition coefficient (Wildman–Crippen LogP) is 1.40. The van der Waals surface area contributed by atoms with E-state index in [0.29, 0.717) is 13.2 Å². The number of nitrogens with zero attached hydrogens (tertiary/aromatic N) is 1. The highest BCUT2D eigenvalue weighted by Gasteiger charge is 2.17. The second-order valence-electron chi connectivity index (χ2n) is 5.79. The molecule has 3 N–H and O–H groups in total. The third kappa shape index (κ3) is 3.56. The number of anilines is 2. The van der Waals surface area contributed by atoms with E-state index in [1.807, 2.05) is 5.38 Å². The van der Waals surface area contributed by atoms with Crippen LogP contribution in [0.4, 0.5) is 11.4 Å². The van der Waals surface area contributed by atoms with Crippen LogP contribution in [0, 0.1) is 0 Å². The average Bonchev–Trinajstić information content (AvgIpc) is 3.02. The van der Waals surface area contributed by atoms with Gasteiger partial charge in [-0.25, -0.2) is 0 Å². The first-order valence-electron chi connectivity index (χ1n) is 7.91. The highest BCUT2D eigenvalue weighted by Crippen LogP contribution is 2.28. The zero-order valence-corrected chi connectivity index (χ0v) is 13.8. The summed E-state index contributed by atoms with van der Waals surface area (Å²) in [6, 6.07) is 2.11. The summed E-state index contributed by atoms with van der Waals surface area (Å²) in [7, 11) is 0. The van der Waals surface area contributed by atoms with Crippen LogP contribution in [0.5, 0.6) is 5.06 Å². The van der Waals surface area contributed by atoms with Gasteiger partial charge in [-0.2, -0.15) is 0 Å². The van der Waals surface area contributed by atoms with Crippen molar-refractivity contribution < 1.29 is 4.74 Å². The summed E-state index contributed by atoms with van der Waals surface area (Å²) in [6.07, 6.45) is 3.87. The fraction of sp³-hybridized carbons (Fsp3) is 0.500. The zero-order valence-electron chi connectivity index (χ0n) is 13.0. The molecule has 7 heteroatoms. The van der Waals surface area contributed by atoms with Crippen LogP contribution < -0.4 is 26.6 Å².